The second kappa shape index (κ2) is 7.26. The third-order valence-corrected chi connectivity index (χ3v) is 5.70. The van der Waals surface area contributed by atoms with Gasteiger partial charge in [-0.15, -0.1) is 0 Å². The number of nitrogens with one attached hydrogen (secondary N) is 1. The maximum absolute atomic E-state index is 13.7. The van der Waals surface area contributed by atoms with E-state index in [2.05, 4.69) is 9.71 Å². The van der Waals surface area contributed by atoms with E-state index in [0.717, 1.165) is 12.8 Å². The van der Waals surface area contributed by atoms with Crippen molar-refractivity contribution in [1.29, 1.82) is 0 Å². The van der Waals surface area contributed by atoms with E-state index in [-0.39, 0.29) is 29.2 Å². The summed E-state index contributed by atoms with van der Waals surface area (Å²) in [7, 11) is 0.119. The van der Waals surface area contributed by atoms with Gasteiger partial charge in [0, 0.05) is 31.6 Å². The van der Waals surface area contributed by atoms with Crippen LogP contribution in [-0.2, 0) is 30.8 Å². The lowest BCUT2D eigenvalue weighted by Gasteiger charge is -2.13. The lowest BCUT2D eigenvalue weighted by atomic mass is 10.0. The zero-order valence-electron chi connectivity index (χ0n) is 16.7. The molecule has 2 heterocycles. The van der Waals surface area contributed by atoms with Crippen LogP contribution in [0.1, 0.15) is 24.2 Å². The molecule has 0 amide bonds. The van der Waals surface area contributed by atoms with E-state index in [1.165, 1.54) is 15.4 Å². The van der Waals surface area contributed by atoms with E-state index in [4.69, 9.17) is 0 Å². The van der Waals surface area contributed by atoms with Gasteiger partial charge < -0.3 is 13.9 Å². The van der Waals surface area contributed by atoms with Crippen LogP contribution < -0.4 is 10.3 Å². The second-order valence-corrected chi connectivity index (χ2v) is 8.88. The smallest absolute Gasteiger partial charge is 0.320 e. The number of anilines is 1. The van der Waals surface area contributed by atoms with Crippen LogP contribution in [0.4, 0.5) is 18.9 Å². The molecule has 10 heteroatoms. The Labute approximate surface area is 173 Å². The lowest BCUT2D eigenvalue weighted by molar-refractivity contribution is -0.147. The molecule has 3 aromatic rings. The Kier molecular flexibility index (Phi) is 5.00. The molecule has 1 aliphatic carbocycles. The van der Waals surface area contributed by atoms with Gasteiger partial charge in [0.05, 0.1) is 11.2 Å². The number of hydrogen-bond acceptors (Lipinski definition) is 3. The van der Waals surface area contributed by atoms with Gasteiger partial charge in [-0.05, 0) is 55.0 Å². The molecule has 0 radical (unpaired) electrons. The number of aryl methyl sites for hydroxylation is 2. The van der Waals surface area contributed by atoms with Crippen molar-refractivity contribution in [3.63, 3.8) is 0 Å². The van der Waals surface area contributed by atoms with Gasteiger partial charge in [-0.3, -0.25) is 4.79 Å². The molecule has 0 aliphatic heterocycles. The lowest BCUT2D eigenvalue weighted by Crippen LogP contribution is -2.18. The second-order valence-electron chi connectivity index (χ2n) is 7.76. The first-order valence-electron chi connectivity index (χ1n) is 9.44. The maximum Gasteiger partial charge on any atom is 0.449 e. The minimum absolute atomic E-state index is 0.128. The van der Waals surface area contributed by atoms with Crippen molar-refractivity contribution in [3.8, 4) is 11.1 Å². The van der Waals surface area contributed by atoms with Gasteiger partial charge in [0.2, 0.25) is 5.82 Å². The number of imidazole rings is 1. The molecule has 1 fully saturated rings. The molecule has 1 saturated carbocycles. The minimum Gasteiger partial charge on any atom is -0.320 e. The van der Waals surface area contributed by atoms with Crippen LogP contribution in [-0.4, -0.2) is 24.6 Å². The first-order chi connectivity index (χ1) is 14.0. The van der Waals surface area contributed by atoms with Crippen molar-refractivity contribution in [2.75, 3.05) is 11.0 Å². The Balaban J connectivity index is 2.01. The van der Waals surface area contributed by atoms with Crippen LogP contribution >= 0.6 is 0 Å². The van der Waals surface area contributed by atoms with E-state index in [0.29, 0.717) is 22.2 Å². The Morgan fingerprint density at radius 2 is 1.93 bits per heavy atom. The monoisotopic (exact) mass is 438 g/mol. The molecule has 1 aliphatic rings. The molecular formula is C20H21F3N4O2S. The fraction of sp³-hybridized carbons (Fsp3) is 0.400. The van der Waals surface area contributed by atoms with E-state index < -0.39 is 23.0 Å². The topological polar surface area (TPSA) is 68.9 Å². The SMILES string of the molecule is Cc1cc(-c2cc(NS(C)=O)c3nc(C(F)(F)F)n(CC4CC4)c3c2)cn(C)c1=O. The van der Waals surface area contributed by atoms with E-state index in [1.807, 2.05) is 0 Å². The number of pyridine rings is 1. The van der Waals surface area contributed by atoms with Crippen LogP contribution in [0.5, 0.6) is 0 Å². The summed E-state index contributed by atoms with van der Waals surface area (Å²) in [6, 6.07) is 4.98. The van der Waals surface area contributed by atoms with Crippen LogP contribution in [0, 0.1) is 12.8 Å². The van der Waals surface area contributed by atoms with Gasteiger partial charge >= 0.3 is 6.18 Å². The van der Waals surface area contributed by atoms with Crippen molar-refractivity contribution < 1.29 is 17.4 Å². The van der Waals surface area contributed by atoms with Crippen LogP contribution in [0.2, 0.25) is 0 Å². The third kappa shape index (κ3) is 3.88. The van der Waals surface area contributed by atoms with Gasteiger partial charge in [-0.2, -0.15) is 13.2 Å². The summed E-state index contributed by atoms with van der Waals surface area (Å²) >= 11 is 0. The van der Waals surface area contributed by atoms with Gasteiger partial charge in [0.1, 0.15) is 16.5 Å². The summed E-state index contributed by atoms with van der Waals surface area (Å²) in [4.78, 5) is 15.9. The van der Waals surface area contributed by atoms with Gasteiger partial charge in [0.25, 0.3) is 5.56 Å². The van der Waals surface area contributed by atoms with Crippen LogP contribution in [0.15, 0.2) is 29.2 Å². The van der Waals surface area contributed by atoms with Gasteiger partial charge in [0.15, 0.2) is 0 Å². The van der Waals surface area contributed by atoms with Crippen LogP contribution in [0.3, 0.4) is 0 Å². The average molecular weight is 438 g/mol. The molecule has 2 aromatic heterocycles. The summed E-state index contributed by atoms with van der Waals surface area (Å²) in [6.07, 6.45) is 0.210. The molecule has 0 spiro atoms. The number of benzene rings is 1. The summed E-state index contributed by atoms with van der Waals surface area (Å²) in [5, 5.41) is 0. The minimum atomic E-state index is -4.61. The molecular weight excluding hydrogens is 417 g/mol. The Hall–Kier alpha value is -2.62. The zero-order chi connectivity index (χ0) is 21.8. The third-order valence-electron chi connectivity index (χ3n) is 5.19. The zero-order valence-corrected chi connectivity index (χ0v) is 17.5. The molecule has 6 nitrogen and oxygen atoms in total. The molecule has 0 bridgehead atoms. The van der Waals surface area contributed by atoms with Crippen molar-refractivity contribution in [1.82, 2.24) is 14.1 Å². The van der Waals surface area contributed by atoms with Crippen molar-refractivity contribution in [2.24, 2.45) is 13.0 Å². The highest BCUT2D eigenvalue weighted by molar-refractivity contribution is 7.85. The maximum atomic E-state index is 13.7. The molecule has 1 aromatic carbocycles. The largest absolute Gasteiger partial charge is 0.449 e. The van der Waals surface area contributed by atoms with E-state index in [1.54, 1.807) is 38.4 Å². The summed E-state index contributed by atoms with van der Waals surface area (Å²) in [6.45, 7) is 1.92. The van der Waals surface area contributed by atoms with Crippen molar-refractivity contribution in [3.05, 3.63) is 46.1 Å². The van der Waals surface area contributed by atoms with Crippen molar-refractivity contribution in [2.45, 2.75) is 32.5 Å². The normalized spacial score (nSPS) is 15.5. The number of halogens is 3. The number of rotatable bonds is 5. The highest BCUT2D eigenvalue weighted by atomic mass is 32.2. The molecule has 1 unspecified atom stereocenters. The summed E-state index contributed by atoms with van der Waals surface area (Å²) < 4.78 is 58.4. The molecule has 1 N–H and O–H groups in total. The molecule has 0 saturated heterocycles. The first-order valence-corrected chi connectivity index (χ1v) is 11.0. The number of aromatic nitrogens is 3. The molecule has 4 rings (SSSR count). The van der Waals surface area contributed by atoms with Crippen molar-refractivity contribution >= 4 is 27.7 Å². The fourth-order valence-electron chi connectivity index (χ4n) is 3.62. The standard InChI is InChI=1S/C20H21F3N4O2S/c1-11-6-14(10-26(2)18(11)28)13-7-15(25-30(3)29)17-16(8-13)27(9-12-4-5-12)19(24-17)20(21,22)23/h6-8,10,12,25H,4-5,9H2,1-3H3. The highest BCUT2D eigenvalue weighted by Crippen LogP contribution is 2.39. The van der Waals surface area contributed by atoms with E-state index >= 15 is 0 Å². The average Bonchev–Trinajstić information content (AvgIpc) is 3.37. The number of nitrogens with zero attached hydrogens (tertiary/aromatic N) is 3. The summed E-state index contributed by atoms with van der Waals surface area (Å²) in [5.41, 5.74) is 2.37. The predicted molar refractivity (Wildman–Crippen MR) is 111 cm³/mol. The van der Waals surface area contributed by atoms with Crippen LogP contribution in [0.25, 0.3) is 22.2 Å². The molecule has 30 heavy (non-hydrogen) atoms. The molecule has 1 atom stereocenters. The predicted octanol–water partition coefficient (Wildman–Crippen LogP) is 3.84. The van der Waals surface area contributed by atoms with Gasteiger partial charge in [-0.1, -0.05) is 0 Å². The fourth-order valence-corrected chi connectivity index (χ4v) is 4.08. The summed E-state index contributed by atoms with van der Waals surface area (Å²) in [5.74, 6) is -0.758. The van der Waals surface area contributed by atoms with E-state index in [9.17, 15) is 22.2 Å². The number of fused-ring (bicyclic) bond motifs is 1. The highest BCUT2D eigenvalue weighted by Gasteiger charge is 2.39. The first kappa shape index (κ1) is 20.6. The molecule has 160 valence electrons. The Bertz CT molecular complexity index is 1200. The van der Waals surface area contributed by atoms with Gasteiger partial charge in [-0.25, -0.2) is 9.19 Å². The quantitative estimate of drug-likeness (QED) is 0.658. The Morgan fingerprint density at radius 3 is 2.50 bits per heavy atom. The Morgan fingerprint density at radius 1 is 1.23 bits per heavy atom. The number of hydrogen-bond donors (Lipinski definition) is 1. The number of alkyl halides is 3.